The first kappa shape index (κ1) is 15.8. The van der Waals surface area contributed by atoms with Crippen molar-refractivity contribution in [3.63, 3.8) is 0 Å². The van der Waals surface area contributed by atoms with E-state index < -0.39 is 0 Å². The number of nitrogens with one attached hydrogen (secondary N) is 1. The van der Waals surface area contributed by atoms with Crippen LogP contribution in [0.15, 0.2) is 22.7 Å². The van der Waals surface area contributed by atoms with Crippen molar-refractivity contribution in [3.05, 3.63) is 28.2 Å². The van der Waals surface area contributed by atoms with Crippen molar-refractivity contribution < 1.29 is 9.47 Å². The van der Waals surface area contributed by atoms with E-state index in [1.807, 2.05) is 6.07 Å². The molecule has 3 nitrogen and oxygen atoms in total. The molecule has 112 valence electrons. The van der Waals surface area contributed by atoms with Crippen molar-refractivity contribution in [1.82, 2.24) is 5.32 Å². The van der Waals surface area contributed by atoms with E-state index in [1.54, 1.807) is 7.11 Å². The molecule has 0 bridgehead atoms. The van der Waals surface area contributed by atoms with Gasteiger partial charge in [-0.15, -0.1) is 0 Å². The van der Waals surface area contributed by atoms with Crippen LogP contribution in [-0.2, 0) is 11.2 Å². The zero-order valence-corrected chi connectivity index (χ0v) is 14.1. The van der Waals surface area contributed by atoms with E-state index in [1.165, 1.54) is 5.56 Å². The van der Waals surface area contributed by atoms with Gasteiger partial charge in [0.25, 0.3) is 0 Å². The summed E-state index contributed by atoms with van der Waals surface area (Å²) in [5.41, 5.74) is 1.32. The topological polar surface area (TPSA) is 30.5 Å². The Balaban J connectivity index is 2.05. The van der Waals surface area contributed by atoms with Crippen LogP contribution in [0.1, 0.15) is 25.8 Å². The highest BCUT2D eigenvalue weighted by atomic mass is 79.9. The highest BCUT2D eigenvalue weighted by molar-refractivity contribution is 9.10. The molecule has 0 saturated carbocycles. The van der Waals surface area contributed by atoms with Crippen LogP contribution in [0.4, 0.5) is 0 Å². The van der Waals surface area contributed by atoms with Crippen LogP contribution in [0, 0.1) is 5.92 Å². The van der Waals surface area contributed by atoms with Crippen LogP contribution in [0.3, 0.4) is 0 Å². The fourth-order valence-corrected chi connectivity index (χ4v) is 3.48. The van der Waals surface area contributed by atoms with Gasteiger partial charge in [-0.2, -0.15) is 0 Å². The summed E-state index contributed by atoms with van der Waals surface area (Å²) in [4.78, 5) is 0. The molecule has 0 amide bonds. The molecule has 20 heavy (non-hydrogen) atoms. The van der Waals surface area contributed by atoms with Crippen molar-refractivity contribution in [2.45, 2.75) is 38.8 Å². The largest absolute Gasteiger partial charge is 0.496 e. The minimum Gasteiger partial charge on any atom is -0.496 e. The van der Waals surface area contributed by atoms with Gasteiger partial charge < -0.3 is 14.8 Å². The standard InChI is InChI=1S/C16H24BrNO2/c1-4-18-15(13-7-11(2)20-10-13)9-12-5-6-16(19-3)14(17)8-12/h5-6,8,11,13,15,18H,4,7,9-10H2,1-3H3. The summed E-state index contributed by atoms with van der Waals surface area (Å²) in [7, 11) is 1.69. The number of hydrogen-bond acceptors (Lipinski definition) is 3. The van der Waals surface area contributed by atoms with E-state index in [2.05, 4.69) is 47.2 Å². The first-order valence-electron chi connectivity index (χ1n) is 7.31. The van der Waals surface area contributed by atoms with Crippen LogP contribution < -0.4 is 10.1 Å². The van der Waals surface area contributed by atoms with Gasteiger partial charge in [0.15, 0.2) is 0 Å². The molecule has 1 fully saturated rings. The molecule has 3 unspecified atom stereocenters. The smallest absolute Gasteiger partial charge is 0.133 e. The van der Waals surface area contributed by atoms with Crippen LogP contribution in [0.5, 0.6) is 5.75 Å². The number of hydrogen-bond donors (Lipinski definition) is 1. The average Bonchev–Trinajstić information content (AvgIpc) is 2.85. The highest BCUT2D eigenvalue weighted by Gasteiger charge is 2.29. The van der Waals surface area contributed by atoms with E-state index in [0.29, 0.717) is 18.1 Å². The van der Waals surface area contributed by atoms with E-state index in [9.17, 15) is 0 Å². The minimum absolute atomic E-state index is 0.392. The quantitative estimate of drug-likeness (QED) is 0.860. The van der Waals surface area contributed by atoms with Gasteiger partial charge in [0.2, 0.25) is 0 Å². The average molecular weight is 342 g/mol. The predicted octanol–water partition coefficient (Wildman–Crippen LogP) is 3.40. The Morgan fingerprint density at radius 1 is 1.50 bits per heavy atom. The molecular weight excluding hydrogens is 318 g/mol. The molecule has 1 aromatic carbocycles. The molecule has 4 heteroatoms. The van der Waals surface area contributed by atoms with Crippen LogP contribution in [-0.4, -0.2) is 32.4 Å². The van der Waals surface area contributed by atoms with Gasteiger partial charge in [0.05, 0.1) is 24.3 Å². The Kier molecular flexibility index (Phi) is 5.87. The molecule has 0 aliphatic carbocycles. The number of halogens is 1. The molecule has 1 aromatic rings. The SMILES string of the molecule is CCNC(Cc1ccc(OC)c(Br)c1)C1COC(C)C1. The van der Waals surface area contributed by atoms with Crippen LogP contribution in [0.25, 0.3) is 0 Å². The second-order valence-electron chi connectivity index (χ2n) is 5.48. The second-order valence-corrected chi connectivity index (χ2v) is 6.33. The van der Waals surface area contributed by atoms with Crippen LogP contribution in [0.2, 0.25) is 0 Å². The summed E-state index contributed by atoms with van der Waals surface area (Å²) < 4.78 is 12.0. The summed E-state index contributed by atoms with van der Waals surface area (Å²) in [5.74, 6) is 1.48. The monoisotopic (exact) mass is 341 g/mol. The van der Waals surface area contributed by atoms with E-state index in [-0.39, 0.29) is 0 Å². The summed E-state index contributed by atoms with van der Waals surface area (Å²) in [6, 6.07) is 6.80. The Bertz CT molecular complexity index is 438. The molecule has 1 aliphatic heterocycles. The normalized spacial score (nSPS) is 23.8. The molecule has 0 radical (unpaired) electrons. The first-order chi connectivity index (χ1) is 9.63. The van der Waals surface area contributed by atoms with E-state index in [4.69, 9.17) is 9.47 Å². The second kappa shape index (κ2) is 7.43. The maximum atomic E-state index is 5.72. The molecule has 3 atom stereocenters. The Hall–Kier alpha value is -0.580. The summed E-state index contributed by atoms with van der Waals surface area (Å²) in [5, 5.41) is 3.62. The lowest BCUT2D eigenvalue weighted by Gasteiger charge is -2.23. The summed E-state index contributed by atoms with van der Waals surface area (Å²) in [6.45, 7) is 6.19. The van der Waals surface area contributed by atoms with Gasteiger partial charge in [-0.05, 0) is 59.9 Å². The lowest BCUT2D eigenvalue weighted by molar-refractivity contribution is 0.117. The molecule has 1 saturated heterocycles. The molecule has 0 aromatic heterocycles. The van der Waals surface area contributed by atoms with Gasteiger partial charge in [-0.1, -0.05) is 13.0 Å². The van der Waals surface area contributed by atoms with Crippen molar-refractivity contribution in [1.29, 1.82) is 0 Å². The third-order valence-corrected chi connectivity index (χ3v) is 4.56. The zero-order valence-electron chi connectivity index (χ0n) is 12.5. The lowest BCUT2D eigenvalue weighted by atomic mass is 9.91. The maximum Gasteiger partial charge on any atom is 0.133 e. The minimum atomic E-state index is 0.392. The van der Waals surface area contributed by atoms with Crippen molar-refractivity contribution in [2.75, 3.05) is 20.3 Å². The number of benzene rings is 1. The lowest BCUT2D eigenvalue weighted by Crippen LogP contribution is -2.38. The molecule has 1 N–H and O–H groups in total. The van der Waals surface area contributed by atoms with Gasteiger partial charge in [0.1, 0.15) is 5.75 Å². The van der Waals surface area contributed by atoms with Gasteiger partial charge in [-0.3, -0.25) is 0 Å². The van der Waals surface area contributed by atoms with Crippen molar-refractivity contribution in [3.8, 4) is 5.75 Å². The van der Waals surface area contributed by atoms with Crippen LogP contribution >= 0.6 is 15.9 Å². The fraction of sp³-hybridized carbons (Fsp3) is 0.625. The summed E-state index contributed by atoms with van der Waals surface area (Å²) in [6.07, 6.45) is 2.57. The number of methoxy groups -OCH3 is 1. The number of rotatable bonds is 6. The Labute approximate surface area is 130 Å². The summed E-state index contributed by atoms with van der Waals surface area (Å²) >= 11 is 3.56. The van der Waals surface area contributed by atoms with Gasteiger partial charge in [0, 0.05) is 12.0 Å². The Morgan fingerprint density at radius 3 is 2.85 bits per heavy atom. The maximum absolute atomic E-state index is 5.72. The number of ether oxygens (including phenoxy) is 2. The van der Waals surface area contributed by atoms with Gasteiger partial charge in [-0.25, -0.2) is 0 Å². The molecule has 2 rings (SSSR count). The zero-order chi connectivity index (χ0) is 14.5. The number of likely N-dealkylation sites (N-methyl/N-ethyl adjacent to an activating group) is 1. The fourth-order valence-electron chi connectivity index (χ4n) is 2.89. The molecule has 1 heterocycles. The highest BCUT2D eigenvalue weighted by Crippen LogP contribution is 2.28. The molecule has 0 spiro atoms. The van der Waals surface area contributed by atoms with E-state index in [0.717, 1.165) is 36.2 Å². The molecule has 1 aliphatic rings. The van der Waals surface area contributed by atoms with E-state index >= 15 is 0 Å². The van der Waals surface area contributed by atoms with Gasteiger partial charge >= 0.3 is 0 Å². The predicted molar refractivity (Wildman–Crippen MR) is 85.4 cm³/mol. The molecular formula is C16H24BrNO2. The van der Waals surface area contributed by atoms with Crippen molar-refractivity contribution in [2.24, 2.45) is 5.92 Å². The third kappa shape index (κ3) is 3.96. The van der Waals surface area contributed by atoms with Crippen molar-refractivity contribution >= 4 is 15.9 Å². The first-order valence-corrected chi connectivity index (χ1v) is 8.10. The Morgan fingerprint density at radius 2 is 2.30 bits per heavy atom. The third-order valence-electron chi connectivity index (χ3n) is 3.94.